The number of carbonyl (C=O) groups excluding carboxylic acids is 1. The van der Waals surface area contributed by atoms with Gasteiger partial charge in [0.25, 0.3) is 0 Å². The molecule has 0 saturated heterocycles. The first-order valence-electron chi connectivity index (χ1n) is 8.11. The fourth-order valence-electron chi connectivity index (χ4n) is 3.35. The van der Waals surface area contributed by atoms with Crippen molar-refractivity contribution in [2.75, 3.05) is 11.0 Å². The van der Waals surface area contributed by atoms with Crippen LogP contribution in [0, 0.1) is 11.8 Å². The zero-order valence-electron chi connectivity index (χ0n) is 14.0. The summed E-state index contributed by atoms with van der Waals surface area (Å²) >= 11 is 0. The minimum absolute atomic E-state index is 0.0571. The summed E-state index contributed by atoms with van der Waals surface area (Å²) in [5, 5.41) is 3.14. The average Bonchev–Trinajstić information content (AvgIpc) is 2.44. The van der Waals surface area contributed by atoms with Gasteiger partial charge in [-0.1, -0.05) is 38.5 Å². The van der Waals surface area contributed by atoms with Gasteiger partial charge in [0.15, 0.2) is 0 Å². The third-order valence-corrected chi connectivity index (χ3v) is 5.13. The molecule has 1 aromatic rings. The number of hydrogen-bond donors (Lipinski definition) is 2. The van der Waals surface area contributed by atoms with Gasteiger partial charge in [0.05, 0.1) is 18.4 Å². The van der Waals surface area contributed by atoms with Gasteiger partial charge in [0.1, 0.15) is 0 Å². The van der Waals surface area contributed by atoms with Crippen LogP contribution in [0.25, 0.3) is 0 Å². The molecule has 1 saturated carbocycles. The van der Waals surface area contributed by atoms with Crippen molar-refractivity contribution in [3.05, 3.63) is 29.8 Å². The average molecular weight is 338 g/mol. The molecule has 0 spiro atoms. The van der Waals surface area contributed by atoms with Crippen LogP contribution in [0.4, 0.5) is 5.69 Å². The number of sulfonamides is 1. The molecule has 2 rings (SSSR count). The molecule has 1 amide bonds. The van der Waals surface area contributed by atoms with Crippen LogP contribution in [0.15, 0.2) is 24.3 Å². The summed E-state index contributed by atoms with van der Waals surface area (Å²) in [5.74, 6) is 0.900. The fourth-order valence-corrected chi connectivity index (χ4v) is 3.95. The van der Waals surface area contributed by atoms with E-state index in [4.69, 9.17) is 0 Å². The number of para-hydroxylation sites is 1. The highest BCUT2D eigenvalue weighted by molar-refractivity contribution is 7.92. The predicted octanol–water partition coefficient (Wildman–Crippen LogP) is 2.54. The Morgan fingerprint density at radius 2 is 1.78 bits per heavy atom. The smallest absolute Gasteiger partial charge is 0.229 e. The molecule has 6 heteroatoms. The number of anilines is 1. The van der Waals surface area contributed by atoms with E-state index in [-0.39, 0.29) is 18.4 Å². The van der Waals surface area contributed by atoms with E-state index in [0.29, 0.717) is 23.1 Å². The molecule has 0 aliphatic heterocycles. The molecule has 1 unspecified atom stereocenters. The topological polar surface area (TPSA) is 75.3 Å². The Bertz CT molecular complexity index is 648. The number of benzene rings is 1. The highest BCUT2D eigenvalue weighted by Gasteiger charge is 2.28. The Balaban J connectivity index is 2.05. The van der Waals surface area contributed by atoms with Crippen molar-refractivity contribution in [2.45, 2.75) is 45.6 Å². The second-order valence-electron chi connectivity index (χ2n) is 6.69. The summed E-state index contributed by atoms with van der Waals surface area (Å²) in [4.78, 5) is 12.4. The molecule has 3 atom stereocenters. The van der Waals surface area contributed by atoms with Gasteiger partial charge >= 0.3 is 0 Å². The minimum atomic E-state index is -3.36. The molecular weight excluding hydrogens is 312 g/mol. The summed E-state index contributed by atoms with van der Waals surface area (Å²) in [5.41, 5.74) is 1.15. The van der Waals surface area contributed by atoms with E-state index in [0.717, 1.165) is 19.1 Å². The molecule has 1 aliphatic rings. The molecule has 1 aliphatic carbocycles. The summed E-state index contributed by atoms with van der Waals surface area (Å²) in [6.07, 6.45) is 4.78. The second-order valence-corrected chi connectivity index (χ2v) is 8.44. The summed E-state index contributed by atoms with van der Waals surface area (Å²) < 4.78 is 25.3. The maximum absolute atomic E-state index is 12.4. The van der Waals surface area contributed by atoms with Crippen molar-refractivity contribution in [1.82, 2.24) is 5.32 Å². The molecule has 0 aromatic heterocycles. The Hall–Kier alpha value is -1.56. The molecule has 0 heterocycles. The Morgan fingerprint density at radius 1 is 1.17 bits per heavy atom. The molecular formula is C17H26N2O3S. The largest absolute Gasteiger partial charge is 0.353 e. The van der Waals surface area contributed by atoms with E-state index in [1.54, 1.807) is 18.2 Å². The van der Waals surface area contributed by atoms with Gasteiger partial charge in [-0.25, -0.2) is 8.42 Å². The first-order chi connectivity index (χ1) is 10.8. The van der Waals surface area contributed by atoms with Crippen molar-refractivity contribution in [2.24, 2.45) is 11.8 Å². The first kappa shape index (κ1) is 17.8. The predicted molar refractivity (Wildman–Crippen MR) is 92.7 cm³/mol. The van der Waals surface area contributed by atoms with E-state index < -0.39 is 10.0 Å². The molecule has 23 heavy (non-hydrogen) atoms. The Labute approximate surface area is 138 Å². The van der Waals surface area contributed by atoms with E-state index in [2.05, 4.69) is 23.9 Å². The van der Waals surface area contributed by atoms with Crippen LogP contribution in [-0.2, 0) is 21.2 Å². The van der Waals surface area contributed by atoms with Crippen molar-refractivity contribution in [3.63, 3.8) is 0 Å². The van der Waals surface area contributed by atoms with Crippen LogP contribution in [0.1, 0.15) is 38.7 Å². The molecule has 0 radical (unpaired) electrons. The third-order valence-electron chi connectivity index (χ3n) is 4.54. The Kier molecular flexibility index (Phi) is 5.68. The second kappa shape index (κ2) is 7.34. The van der Waals surface area contributed by atoms with Crippen molar-refractivity contribution in [1.29, 1.82) is 0 Å². The van der Waals surface area contributed by atoms with Crippen LogP contribution in [0.2, 0.25) is 0 Å². The highest BCUT2D eigenvalue weighted by atomic mass is 32.2. The van der Waals surface area contributed by atoms with Gasteiger partial charge in [-0.15, -0.1) is 0 Å². The van der Waals surface area contributed by atoms with E-state index in [1.807, 2.05) is 6.07 Å². The van der Waals surface area contributed by atoms with Crippen LogP contribution in [0.3, 0.4) is 0 Å². The summed E-state index contributed by atoms with van der Waals surface area (Å²) in [6.45, 7) is 4.36. The van der Waals surface area contributed by atoms with Crippen molar-refractivity contribution in [3.8, 4) is 0 Å². The first-order valence-corrected chi connectivity index (χ1v) is 10.0. The Morgan fingerprint density at radius 3 is 2.39 bits per heavy atom. The lowest BCUT2D eigenvalue weighted by atomic mass is 9.78. The minimum Gasteiger partial charge on any atom is -0.353 e. The van der Waals surface area contributed by atoms with Crippen LogP contribution < -0.4 is 10.0 Å². The molecule has 0 bridgehead atoms. The van der Waals surface area contributed by atoms with Gasteiger partial charge in [-0.05, 0) is 36.3 Å². The standard InChI is InChI=1S/C17H26N2O3S/c1-12-7-6-8-13(2)17(12)18-16(20)11-14-9-4-5-10-15(14)19-23(3,21)22/h4-5,9-10,12-13,17,19H,6-8,11H2,1-3H3,(H,18,20)/t12-,13+,17?. The quantitative estimate of drug-likeness (QED) is 0.866. The lowest BCUT2D eigenvalue weighted by Gasteiger charge is -2.35. The van der Waals surface area contributed by atoms with Crippen molar-refractivity contribution < 1.29 is 13.2 Å². The van der Waals surface area contributed by atoms with Crippen LogP contribution in [-0.4, -0.2) is 26.6 Å². The number of rotatable bonds is 5. The van der Waals surface area contributed by atoms with Crippen LogP contribution in [0.5, 0.6) is 0 Å². The van der Waals surface area contributed by atoms with Crippen molar-refractivity contribution >= 4 is 21.6 Å². The summed E-state index contributed by atoms with van der Waals surface area (Å²) in [6, 6.07) is 7.21. The van der Waals surface area contributed by atoms with Crippen LogP contribution >= 0.6 is 0 Å². The highest BCUT2D eigenvalue weighted by Crippen LogP contribution is 2.29. The maximum atomic E-state index is 12.4. The zero-order chi connectivity index (χ0) is 17.0. The molecule has 2 N–H and O–H groups in total. The molecule has 128 valence electrons. The monoisotopic (exact) mass is 338 g/mol. The van der Waals surface area contributed by atoms with Gasteiger partial charge in [-0.2, -0.15) is 0 Å². The lowest BCUT2D eigenvalue weighted by Crippen LogP contribution is -2.46. The molecule has 1 aromatic carbocycles. The number of amides is 1. The summed E-state index contributed by atoms with van der Waals surface area (Å²) in [7, 11) is -3.36. The van der Waals surface area contributed by atoms with E-state index in [1.165, 1.54) is 6.42 Å². The molecule has 5 nitrogen and oxygen atoms in total. The maximum Gasteiger partial charge on any atom is 0.229 e. The third kappa shape index (κ3) is 5.23. The zero-order valence-corrected chi connectivity index (χ0v) is 14.8. The van der Waals surface area contributed by atoms with E-state index in [9.17, 15) is 13.2 Å². The lowest BCUT2D eigenvalue weighted by molar-refractivity contribution is -0.122. The van der Waals surface area contributed by atoms with E-state index >= 15 is 0 Å². The van der Waals surface area contributed by atoms with Gasteiger partial charge in [0, 0.05) is 6.04 Å². The number of hydrogen-bond acceptors (Lipinski definition) is 3. The van der Waals surface area contributed by atoms with Gasteiger partial charge in [0.2, 0.25) is 15.9 Å². The SMILES string of the molecule is C[C@@H]1CCC[C@H](C)C1NC(=O)Cc1ccccc1NS(C)(=O)=O. The number of carbonyl (C=O) groups is 1. The normalized spacial score (nSPS) is 24.9. The van der Waals surface area contributed by atoms with Gasteiger partial charge in [-0.3, -0.25) is 9.52 Å². The number of nitrogens with one attached hydrogen (secondary N) is 2. The van der Waals surface area contributed by atoms with Gasteiger partial charge < -0.3 is 5.32 Å². The molecule has 1 fully saturated rings. The fraction of sp³-hybridized carbons (Fsp3) is 0.588.